The lowest BCUT2D eigenvalue weighted by Gasteiger charge is -2.21. The Morgan fingerprint density at radius 3 is 1.54 bits per heavy atom. The van der Waals surface area contributed by atoms with Gasteiger partial charge in [-0.1, -0.05) is 115 Å². The largest absolute Gasteiger partial charge is 0.465 e. The van der Waals surface area contributed by atoms with E-state index in [1.165, 1.54) is 7.11 Å². The van der Waals surface area contributed by atoms with Crippen molar-refractivity contribution >= 4 is 49.8 Å². The fourth-order valence-corrected chi connectivity index (χ4v) is 6.18. The quantitative estimate of drug-likeness (QED) is 0.202. The van der Waals surface area contributed by atoms with Crippen molar-refractivity contribution in [2.45, 2.75) is 19.4 Å². The maximum absolute atomic E-state index is 12.1. The molecule has 0 atom stereocenters. The lowest BCUT2D eigenvalue weighted by atomic mass is 9.89. The van der Waals surface area contributed by atoms with Gasteiger partial charge in [0.25, 0.3) is 0 Å². The number of aliphatic hydroxyl groups is 1. The molecule has 0 amide bonds. The number of fused-ring (bicyclic) bond motifs is 6. The second-order valence-electron chi connectivity index (χ2n) is 11.7. The van der Waals surface area contributed by atoms with Crippen LogP contribution in [0.15, 0.2) is 142 Å². The van der Waals surface area contributed by atoms with Crippen LogP contribution in [0.4, 0.5) is 0 Å². The van der Waals surface area contributed by atoms with Crippen molar-refractivity contribution in [2.24, 2.45) is 0 Å². The number of esters is 1. The van der Waals surface area contributed by atoms with E-state index in [0.717, 1.165) is 71.7 Å². The molecule has 0 aliphatic rings. The number of methoxy groups -OCH3 is 1. The van der Waals surface area contributed by atoms with Crippen molar-refractivity contribution in [1.29, 1.82) is 0 Å². The maximum atomic E-state index is 12.1. The molecule has 2 aromatic heterocycles. The van der Waals surface area contributed by atoms with Gasteiger partial charge in [0, 0.05) is 32.7 Å². The third-order valence-corrected chi connectivity index (χ3v) is 8.31. The van der Waals surface area contributed by atoms with Gasteiger partial charge in [-0.2, -0.15) is 0 Å². The van der Waals surface area contributed by atoms with E-state index in [4.69, 9.17) is 13.6 Å². The molecule has 0 aliphatic heterocycles. The molecule has 0 fully saturated rings. The van der Waals surface area contributed by atoms with Crippen LogP contribution in [0, 0.1) is 0 Å². The first kappa shape index (κ1) is 29.1. The van der Waals surface area contributed by atoms with E-state index in [1.54, 1.807) is 6.07 Å². The molecule has 1 N–H and O–H groups in total. The van der Waals surface area contributed by atoms with Gasteiger partial charge in [-0.15, -0.1) is 0 Å². The summed E-state index contributed by atoms with van der Waals surface area (Å²) in [5.74, 6) is -0.353. The maximum Gasteiger partial charge on any atom is 0.338 e. The SMILES string of the molecule is CC(C)(O)c1ccccc1-c1cccc2c1oc1ccccc12.COC(=O)c1ccccc1-c1cccc2c1oc1ccccc12. The molecule has 8 aromatic rings. The van der Waals surface area contributed by atoms with Crippen LogP contribution in [0.5, 0.6) is 0 Å². The van der Waals surface area contributed by atoms with Gasteiger partial charge in [0.2, 0.25) is 0 Å². The summed E-state index contributed by atoms with van der Waals surface area (Å²) >= 11 is 0. The van der Waals surface area contributed by atoms with E-state index in [1.807, 2.05) is 123 Å². The molecule has 8 rings (SSSR count). The zero-order chi connectivity index (χ0) is 31.8. The van der Waals surface area contributed by atoms with Crippen LogP contribution in [-0.2, 0) is 10.3 Å². The molecule has 0 bridgehead atoms. The van der Waals surface area contributed by atoms with Crippen LogP contribution in [0.3, 0.4) is 0 Å². The Kier molecular flexibility index (Phi) is 7.39. The van der Waals surface area contributed by atoms with E-state index in [2.05, 4.69) is 18.2 Å². The van der Waals surface area contributed by atoms with Gasteiger partial charge < -0.3 is 18.7 Å². The van der Waals surface area contributed by atoms with E-state index in [0.29, 0.717) is 5.56 Å². The number of ether oxygens (including phenoxy) is 1. The first-order valence-electron chi connectivity index (χ1n) is 15.2. The summed E-state index contributed by atoms with van der Waals surface area (Å²) in [6, 6.07) is 43.5. The number of rotatable bonds is 4. The summed E-state index contributed by atoms with van der Waals surface area (Å²) in [5, 5.41) is 14.8. The van der Waals surface area contributed by atoms with E-state index < -0.39 is 5.60 Å². The molecular formula is C41H32O5. The van der Waals surface area contributed by atoms with E-state index >= 15 is 0 Å². The van der Waals surface area contributed by atoms with Gasteiger partial charge in [-0.05, 0) is 48.7 Å². The van der Waals surface area contributed by atoms with Crippen molar-refractivity contribution in [2.75, 3.05) is 7.11 Å². The van der Waals surface area contributed by atoms with Gasteiger partial charge in [0.1, 0.15) is 22.3 Å². The summed E-state index contributed by atoms with van der Waals surface area (Å²) in [6.07, 6.45) is 0. The first-order chi connectivity index (χ1) is 22.3. The van der Waals surface area contributed by atoms with Gasteiger partial charge in [0.05, 0.1) is 18.3 Å². The molecule has 6 aromatic carbocycles. The topological polar surface area (TPSA) is 72.8 Å². The third-order valence-electron chi connectivity index (χ3n) is 8.31. The monoisotopic (exact) mass is 604 g/mol. The van der Waals surface area contributed by atoms with Crippen molar-refractivity contribution in [3.05, 3.63) is 145 Å². The van der Waals surface area contributed by atoms with Crippen LogP contribution >= 0.6 is 0 Å². The summed E-state index contributed by atoms with van der Waals surface area (Å²) in [5.41, 5.74) is 7.60. The molecule has 226 valence electrons. The second-order valence-corrected chi connectivity index (χ2v) is 11.7. The Balaban J connectivity index is 0.000000147. The fourth-order valence-electron chi connectivity index (χ4n) is 6.18. The van der Waals surface area contributed by atoms with Gasteiger partial charge in [-0.25, -0.2) is 4.79 Å². The minimum atomic E-state index is -0.912. The summed E-state index contributed by atoms with van der Waals surface area (Å²) < 4.78 is 17.1. The smallest absolute Gasteiger partial charge is 0.338 e. The highest BCUT2D eigenvalue weighted by Crippen LogP contribution is 2.40. The number of carbonyl (C=O) groups is 1. The molecule has 0 aliphatic carbocycles. The number of hydrogen-bond donors (Lipinski definition) is 1. The average molecular weight is 605 g/mol. The number of carbonyl (C=O) groups excluding carboxylic acids is 1. The molecule has 5 heteroatoms. The molecule has 0 saturated heterocycles. The molecule has 2 heterocycles. The molecule has 46 heavy (non-hydrogen) atoms. The zero-order valence-electron chi connectivity index (χ0n) is 25.8. The highest BCUT2D eigenvalue weighted by atomic mass is 16.5. The third kappa shape index (κ3) is 5.11. The first-order valence-corrected chi connectivity index (χ1v) is 15.2. The molecule has 0 spiro atoms. The Morgan fingerprint density at radius 2 is 0.978 bits per heavy atom. The number of para-hydroxylation sites is 4. The van der Waals surface area contributed by atoms with Crippen molar-refractivity contribution in [3.8, 4) is 22.3 Å². The Bertz CT molecular complexity index is 2370. The lowest BCUT2D eigenvalue weighted by molar-refractivity contribution is 0.0601. The minimum Gasteiger partial charge on any atom is -0.465 e. The zero-order valence-corrected chi connectivity index (χ0v) is 25.8. The Morgan fingerprint density at radius 1 is 0.543 bits per heavy atom. The van der Waals surface area contributed by atoms with Crippen LogP contribution in [0.1, 0.15) is 29.8 Å². The van der Waals surface area contributed by atoms with Crippen molar-refractivity contribution in [3.63, 3.8) is 0 Å². The van der Waals surface area contributed by atoms with Gasteiger partial charge in [-0.3, -0.25) is 0 Å². The van der Waals surface area contributed by atoms with Crippen LogP contribution in [0.25, 0.3) is 66.1 Å². The molecule has 0 radical (unpaired) electrons. The number of benzene rings is 6. The van der Waals surface area contributed by atoms with Crippen LogP contribution in [-0.4, -0.2) is 18.2 Å². The van der Waals surface area contributed by atoms with Crippen molar-refractivity contribution < 1.29 is 23.5 Å². The van der Waals surface area contributed by atoms with Crippen molar-refractivity contribution in [1.82, 2.24) is 0 Å². The van der Waals surface area contributed by atoms with E-state index in [-0.39, 0.29) is 5.97 Å². The molecular weight excluding hydrogens is 572 g/mol. The second kappa shape index (κ2) is 11.7. The standard InChI is InChI=1S/C21H18O2.C20H14O3/c1-21(2,22)18-12-5-3-8-14(18)16-10-7-11-17-15-9-4-6-13-19(15)23-20(16)17;1-22-20(21)17-9-3-2-7-13(17)15-10-6-11-16-14-8-4-5-12-18(14)23-19(15)16/h3-13,22H,1-2H3;2-12H,1H3. The Hall–Kier alpha value is -5.65. The molecule has 0 unspecified atom stereocenters. The van der Waals surface area contributed by atoms with Gasteiger partial charge in [0.15, 0.2) is 0 Å². The van der Waals surface area contributed by atoms with E-state index in [9.17, 15) is 9.90 Å². The molecule has 0 saturated carbocycles. The highest BCUT2D eigenvalue weighted by Gasteiger charge is 2.22. The lowest BCUT2D eigenvalue weighted by Crippen LogP contribution is -2.16. The van der Waals surface area contributed by atoms with Crippen LogP contribution in [0.2, 0.25) is 0 Å². The fraction of sp³-hybridized carbons (Fsp3) is 0.0976. The Labute approximate surface area is 266 Å². The average Bonchev–Trinajstić information content (AvgIpc) is 3.66. The summed E-state index contributed by atoms with van der Waals surface area (Å²) in [7, 11) is 1.39. The number of hydrogen-bond acceptors (Lipinski definition) is 5. The highest BCUT2D eigenvalue weighted by molar-refractivity contribution is 6.12. The number of furan rings is 2. The predicted octanol–water partition coefficient (Wildman–Crippen LogP) is 10.5. The minimum absolute atomic E-state index is 0.353. The summed E-state index contributed by atoms with van der Waals surface area (Å²) in [6.45, 7) is 3.62. The van der Waals surface area contributed by atoms with Gasteiger partial charge >= 0.3 is 5.97 Å². The summed E-state index contributed by atoms with van der Waals surface area (Å²) in [4.78, 5) is 12.1. The van der Waals surface area contributed by atoms with Crippen LogP contribution < -0.4 is 0 Å². The predicted molar refractivity (Wildman–Crippen MR) is 185 cm³/mol. The molecule has 5 nitrogen and oxygen atoms in total. The normalized spacial score (nSPS) is 11.6.